The maximum atomic E-state index is 13.1. The molecule has 3 aromatic rings. The monoisotopic (exact) mass is 414 g/mol. The Morgan fingerprint density at radius 1 is 1.11 bits per heavy atom. The third-order valence-electron chi connectivity index (χ3n) is 5.00. The van der Waals surface area contributed by atoms with Crippen molar-refractivity contribution in [2.24, 2.45) is 0 Å². The molecule has 146 valence electrons. The van der Waals surface area contributed by atoms with Gasteiger partial charge in [0.05, 0.1) is 5.69 Å². The Hall–Kier alpha value is -1.99. The largest absolute Gasteiger partial charge is 0.371 e. The first-order chi connectivity index (χ1) is 13.7. The van der Waals surface area contributed by atoms with Gasteiger partial charge in [0.25, 0.3) is 0 Å². The van der Waals surface area contributed by atoms with Gasteiger partial charge in [-0.15, -0.1) is 11.8 Å². The van der Waals surface area contributed by atoms with Crippen LogP contribution in [0.2, 0.25) is 0 Å². The molecule has 28 heavy (non-hydrogen) atoms. The number of nitrogens with zero attached hydrogens (tertiary/aromatic N) is 3. The van der Waals surface area contributed by atoms with Crippen molar-refractivity contribution in [3.63, 3.8) is 0 Å². The van der Waals surface area contributed by atoms with Gasteiger partial charge in [-0.2, -0.15) is 0 Å². The number of nitrogens with one attached hydrogen (secondary N) is 1. The lowest BCUT2D eigenvalue weighted by Crippen LogP contribution is -2.34. The number of imidazole rings is 1. The highest BCUT2D eigenvalue weighted by molar-refractivity contribution is 8.00. The maximum Gasteiger partial charge on any atom is 0.165 e. The predicted molar refractivity (Wildman–Crippen MR) is 115 cm³/mol. The predicted octanol–water partition coefficient (Wildman–Crippen LogP) is 5.31. The number of pyridine rings is 1. The topological polar surface area (TPSA) is 44.8 Å². The summed E-state index contributed by atoms with van der Waals surface area (Å²) in [6.07, 6.45) is 7.78. The molecule has 4 rings (SSSR count). The number of rotatable bonds is 6. The van der Waals surface area contributed by atoms with E-state index in [1.54, 1.807) is 30.1 Å². The smallest absolute Gasteiger partial charge is 0.165 e. The number of halogens is 1. The minimum Gasteiger partial charge on any atom is -0.371 e. The summed E-state index contributed by atoms with van der Waals surface area (Å²) >= 11 is 3.65. The molecule has 0 amide bonds. The van der Waals surface area contributed by atoms with E-state index in [1.165, 1.54) is 10.5 Å². The van der Waals surface area contributed by atoms with E-state index in [9.17, 15) is 4.39 Å². The van der Waals surface area contributed by atoms with E-state index in [1.807, 2.05) is 36.3 Å². The molecule has 0 unspecified atom stereocenters. The molecule has 2 aromatic heterocycles. The van der Waals surface area contributed by atoms with Crippen molar-refractivity contribution >= 4 is 29.2 Å². The summed E-state index contributed by atoms with van der Waals surface area (Å²) in [6.45, 7) is 4.18. The molecule has 1 aliphatic rings. The molecule has 1 aromatic carbocycles. The highest BCUT2D eigenvalue weighted by atomic mass is 32.2. The van der Waals surface area contributed by atoms with Crippen LogP contribution < -0.4 is 4.90 Å². The van der Waals surface area contributed by atoms with Crippen molar-refractivity contribution < 1.29 is 4.39 Å². The molecule has 0 atom stereocenters. The average molecular weight is 415 g/mol. The summed E-state index contributed by atoms with van der Waals surface area (Å²) in [5.41, 5.74) is 3.50. The Balaban J connectivity index is 1.34. The van der Waals surface area contributed by atoms with Gasteiger partial charge in [-0.1, -0.05) is 11.8 Å². The van der Waals surface area contributed by atoms with Crippen molar-refractivity contribution in [2.45, 2.75) is 40.8 Å². The number of aromatic amines is 1. The van der Waals surface area contributed by atoms with Crippen LogP contribution in [-0.2, 0) is 5.75 Å². The number of H-pyrrole nitrogens is 1. The Labute approximate surface area is 173 Å². The molecular formula is C21H23FN4S2. The van der Waals surface area contributed by atoms with Gasteiger partial charge in [-0.05, 0) is 55.7 Å². The van der Waals surface area contributed by atoms with E-state index in [2.05, 4.69) is 32.8 Å². The van der Waals surface area contributed by atoms with Crippen molar-refractivity contribution in [3.05, 3.63) is 66.0 Å². The molecule has 1 fully saturated rings. The van der Waals surface area contributed by atoms with E-state index in [4.69, 9.17) is 0 Å². The van der Waals surface area contributed by atoms with Gasteiger partial charge in [-0.25, -0.2) is 9.37 Å². The van der Waals surface area contributed by atoms with Crippen molar-refractivity contribution in [3.8, 4) is 0 Å². The van der Waals surface area contributed by atoms with Crippen LogP contribution in [0.25, 0.3) is 0 Å². The van der Waals surface area contributed by atoms with E-state index in [0.717, 1.165) is 48.2 Å². The summed E-state index contributed by atoms with van der Waals surface area (Å²) in [4.78, 5) is 15.6. The van der Waals surface area contributed by atoms with E-state index in [0.29, 0.717) is 5.25 Å². The van der Waals surface area contributed by atoms with Gasteiger partial charge in [0.15, 0.2) is 5.16 Å². The molecule has 0 aliphatic carbocycles. The fourth-order valence-electron chi connectivity index (χ4n) is 3.36. The van der Waals surface area contributed by atoms with Crippen molar-refractivity contribution in [1.82, 2.24) is 15.0 Å². The second-order valence-corrected chi connectivity index (χ2v) is 9.15. The minimum absolute atomic E-state index is 0.177. The summed E-state index contributed by atoms with van der Waals surface area (Å²) < 4.78 is 13.1. The lowest BCUT2D eigenvalue weighted by atomic mass is 10.1. The van der Waals surface area contributed by atoms with Gasteiger partial charge in [0.1, 0.15) is 5.82 Å². The molecule has 1 saturated heterocycles. The SMILES string of the molecule is Cc1c(SC2CCN(c3ccc(F)cc3)CC2)ccnc1CSc1ncc[nH]1. The summed E-state index contributed by atoms with van der Waals surface area (Å²) in [7, 11) is 0. The normalized spacial score (nSPS) is 15.1. The van der Waals surface area contributed by atoms with Gasteiger partial charge in [0.2, 0.25) is 0 Å². The second kappa shape index (κ2) is 9.01. The number of piperidine rings is 1. The van der Waals surface area contributed by atoms with E-state index in [-0.39, 0.29) is 5.82 Å². The molecule has 3 heterocycles. The summed E-state index contributed by atoms with van der Waals surface area (Å²) in [5.74, 6) is 0.639. The lowest BCUT2D eigenvalue weighted by Gasteiger charge is -2.33. The number of thioether (sulfide) groups is 2. The quantitative estimate of drug-likeness (QED) is 0.554. The van der Waals surface area contributed by atoms with Crippen LogP contribution >= 0.6 is 23.5 Å². The van der Waals surface area contributed by atoms with Crippen molar-refractivity contribution in [2.75, 3.05) is 18.0 Å². The fourth-order valence-corrected chi connectivity index (χ4v) is 5.45. The molecule has 1 aliphatic heterocycles. The number of hydrogen-bond donors (Lipinski definition) is 1. The van der Waals surface area contributed by atoms with Crippen LogP contribution in [0.1, 0.15) is 24.1 Å². The molecule has 1 N–H and O–H groups in total. The summed E-state index contributed by atoms with van der Waals surface area (Å²) in [5, 5.41) is 1.52. The fraction of sp³-hybridized carbons (Fsp3) is 0.333. The molecule has 0 saturated carbocycles. The van der Waals surface area contributed by atoms with E-state index >= 15 is 0 Å². The van der Waals surface area contributed by atoms with Crippen LogP contribution in [0.3, 0.4) is 0 Å². The van der Waals surface area contributed by atoms with Gasteiger partial charge < -0.3 is 9.88 Å². The number of anilines is 1. The molecule has 0 bridgehead atoms. The van der Waals surface area contributed by atoms with Crippen LogP contribution in [0.5, 0.6) is 0 Å². The Bertz CT molecular complexity index is 891. The standard InChI is InChI=1S/C21H23FN4S2/c1-15-19(14-27-21-24-10-11-25-21)23-9-6-20(15)28-18-7-12-26(13-8-18)17-4-2-16(22)3-5-17/h2-6,9-11,18H,7-8,12-14H2,1H3,(H,24,25). The van der Waals surface area contributed by atoms with E-state index < -0.39 is 0 Å². The molecule has 0 spiro atoms. The highest BCUT2D eigenvalue weighted by Gasteiger charge is 2.21. The number of hydrogen-bond acceptors (Lipinski definition) is 5. The molecular weight excluding hydrogens is 391 g/mol. The third-order valence-corrected chi connectivity index (χ3v) is 7.42. The van der Waals surface area contributed by atoms with Gasteiger partial charge in [0, 0.05) is 53.3 Å². The summed E-state index contributed by atoms with van der Waals surface area (Å²) in [6, 6.07) is 8.96. The molecule has 0 radical (unpaired) electrons. The number of aromatic nitrogens is 3. The molecule has 7 heteroatoms. The lowest BCUT2D eigenvalue weighted by molar-refractivity contribution is 0.589. The first-order valence-corrected chi connectivity index (χ1v) is 11.3. The van der Waals surface area contributed by atoms with Crippen molar-refractivity contribution in [1.29, 1.82) is 0 Å². The Morgan fingerprint density at radius 2 is 1.89 bits per heavy atom. The number of benzene rings is 1. The van der Waals surface area contributed by atoms with Crippen LogP contribution in [0.4, 0.5) is 10.1 Å². The molecule has 4 nitrogen and oxygen atoms in total. The van der Waals surface area contributed by atoms with Crippen LogP contribution in [0, 0.1) is 12.7 Å². The Kier molecular flexibility index (Phi) is 6.22. The zero-order valence-corrected chi connectivity index (χ0v) is 17.4. The first kappa shape index (κ1) is 19.3. The maximum absolute atomic E-state index is 13.1. The van der Waals surface area contributed by atoms with Crippen LogP contribution in [0.15, 0.2) is 59.0 Å². The van der Waals surface area contributed by atoms with Gasteiger partial charge >= 0.3 is 0 Å². The average Bonchev–Trinajstić information content (AvgIpc) is 3.24. The highest BCUT2D eigenvalue weighted by Crippen LogP contribution is 2.35. The second-order valence-electron chi connectivity index (χ2n) is 6.84. The zero-order chi connectivity index (χ0) is 19.3. The Morgan fingerprint density at radius 3 is 2.61 bits per heavy atom. The third kappa shape index (κ3) is 4.70. The van der Waals surface area contributed by atoms with Crippen LogP contribution in [-0.4, -0.2) is 33.3 Å². The first-order valence-electron chi connectivity index (χ1n) is 9.43. The minimum atomic E-state index is -0.177. The zero-order valence-electron chi connectivity index (χ0n) is 15.8. The van der Waals surface area contributed by atoms with Gasteiger partial charge in [-0.3, -0.25) is 4.98 Å².